The molecule has 0 saturated carbocycles. The number of hydrogen-bond acceptors (Lipinski definition) is 6. The zero-order valence-corrected chi connectivity index (χ0v) is 13.0. The zero-order chi connectivity index (χ0) is 14.0. The maximum atomic E-state index is 12.2. The van der Waals surface area contributed by atoms with Crippen molar-refractivity contribution in [3.05, 3.63) is 28.2 Å². The summed E-state index contributed by atoms with van der Waals surface area (Å²) in [5.41, 5.74) is 5.94. The van der Waals surface area contributed by atoms with Crippen LogP contribution < -0.4 is 15.2 Å². The number of aromatic nitrogens is 1. The minimum Gasteiger partial charge on any atom is -0.495 e. The lowest BCUT2D eigenvalue weighted by Gasteiger charge is -2.10. The first-order valence-corrected chi connectivity index (χ1v) is 8.09. The van der Waals surface area contributed by atoms with Gasteiger partial charge in [0.2, 0.25) is 0 Å². The van der Waals surface area contributed by atoms with Crippen LogP contribution in [-0.4, -0.2) is 20.5 Å². The number of nitrogens with two attached hydrogens (primary N) is 1. The number of sulfonamides is 1. The third-order valence-corrected chi connectivity index (χ3v) is 5.06. The summed E-state index contributed by atoms with van der Waals surface area (Å²) in [6.07, 6.45) is 1.51. The van der Waals surface area contributed by atoms with Crippen LogP contribution in [0.4, 0.5) is 10.8 Å². The van der Waals surface area contributed by atoms with Gasteiger partial charge < -0.3 is 10.5 Å². The van der Waals surface area contributed by atoms with Crippen LogP contribution in [0.15, 0.2) is 33.1 Å². The first kappa shape index (κ1) is 14.1. The van der Waals surface area contributed by atoms with Gasteiger partial charge in [0, 0.05) is 5.69 Å². The number of nitrogens with zero attached hydrogens (tertiary/aromatic N) is 1. The Bertz CT molecular complexity index is 700. The van der Waals surface area contributed by atoms with Crippen molar-refractivity contribution >= 4 is 48.1 Å². The van der Waals surface area contributed by atoms with Crippen molar-refractivity contribution in [3.63, 3.8) is 0 Å². The highest BCUT2D eigenvalue weighted by Gasteiger charge is 2.21. The second-order valence-corrected chi connectivity index (χ2v) is 7.55. The summed E-state index contributed by atoms with van der Waals surface area (Å²) in [5.74, 6) is 0.220. The molecule has 0 radical (unpaired) electrons. The molecular formula is C10H10BrN3O3S2. The van der Waals surface area contributed by atoms with E-state index in [0.29, 0.717) is 5.69 Å². The lowest BCUT2D eigenvalue weighted by Crippen LogP contribution is -2.14. The smallest absolute Gasteiger partial charge is 0.267 e. The molecule has 1 heterocycles. The van der Waals surface area contributed by atoms with Crippen molar-refractivity contribution in [1.29, 1.82) is 0 Å². The van der Waals surface area contributed by atoms with E-state index in [1.165, 1.54) is 36.8 Å². The van der Waals surface area contributed by atoms with E-state index >= 15 is 0 Å². The molecule has 0 unspecified atom stereocenters. The summed E-state index contributed by atoms with van der Waals surface area (Å²) >= 11 is 4.38. The van der Waals surface area contributed by atoms with Gasteiger partial charge >= 0.3 is 0 Å². The molecule has 0 fully saturated rings. The molecule has 0 spiro atoms. The lowest BCUT2D eigenvalue weighted by molar-refractivity contribution is 0.403. The number of anilines is 2. The molecule has 19 heavy (non-hydrogen) atoms. The Balaban J connectivity index is 2.41. The van der Waals surface area contributed by atoms with Crippen LogP contribution in [0.1, 0.15) is 0 Å². The van der Waals surface area contributed by atoms with E-state index in [9.17, 15) is 8.42 Å². The molecule has 0 saturated heterocycles. The number of nitrogens with one attached hydrogen (secondary N) is 1. The molecule has 1 aromatic carbocycles. The summed E-state index contributed by atoms with van der Waals surface area (Å²) in [7, 11) is -2.40. The SMILES string of the molecule is COc1ccc(N)cc1S(=O)(=O)Nc1ncc(Br)s1. The van der Waals surface area contributed by atoms with Gasteiger partial charge in [0.25, 0.3) is 10.0 Å². The maximum absolute atomic E-state index is 12.2. The number of ether oxygens (including phenoxy) is 1. The maximum Gasteiger partial charge on any atom is 0.267 e. The third kappa shape index (κ3) is 3.17. The second-order valence-electron chi connectivity index (χ2n) is 3.49. The Kier molecular flexibility index (Phi) is 3.97. The fourth-order valence-corrected chi connectivity index (χ4v) is 3.93. The van der Waals surface area contributed by atoms with Crippen LogP contribution in [0.2, 0.25) is 0 Å². The Morgan fingerprint density at radius 1 is 1.47 bits per heavy atom. The average molecular weight is 364 g/mol. The van der Waals surface area contributed by atoms with Gasteiger partial charge in [-0.3, -0.25) is 4.72 Å². The van der Waals surface area contributed by atoms with E-state index in [1.54, 1.807) is 6.07 Å². The standard InChI is InChI=1S/C10H10BrN3O3S2/c1-17-7-3-2-6(12)4-8(7)19(15,16)14-10-13-5-9(11)18-10/h2-5H,12H2,1H3,(H,13,14). The number of benzene rings is 1. The van der Waals surface area contributed by atoms with E-state index in [2.05, 4.69) is 25.6 Å². The number of methoxy groups -OCH3 is 1. The molecule has 0 atom stereocenters. The normalized spacial score (nSPS) is 11.3. The predicted molar refractivity (Wildman–Crippen MR) is 78.0 cm³/mol. The minimum absolute atomic E-state index is 0.0266. The highest BCUT2D eigenvalue weighted by molar-refractivity contribution is 9.11. The van der Waals surface area contributed by atoms with Gasteiger partial charge in [0.05, 0.1) is 17.1 Å². The molecule has 0 aliphatic heterocycles. The zero-order valence-electron chi connectivity index (χ0n) is 9.75. The van der Waals surface area contributed by atoms with Gasteiger partial charge in [0.1, 0.15) is 10.6 Å². The molecule has 9 heteroatoms. The van der Waals surface area contributed by atoms with Crippen LogP contribution in [0.3, 0.4) is 0 Å². The van der Waals surface area contributed by atoms with E-state index in [4.69, 9.17) is 10.5 Å². The molecule has 102 valence electrons. The second kappa shape index (κ2) is 5.35. The van der Waals surface area contributed by atoms with E-state index in [-0.39, 0.29) is 15.8 Å². The van der Waals surface area contributed by atoms with Crippen molar-refractivity contribution in [1.82, 2.24) is 4.98 Å². The third-order valence-electron chi connectivity index (χ3n) is 2.18. The molecule has 2 rings (SSSR count). The monoisotopic (exact) mass is 363 g/mol. The van der Waals surface area contributed by atoms with Gasteiger partial charge in [-0.15, -0.1) is 0 Å². The molecule has 0 aliphatic rings. The predicted octanol–water partition coefficient (Wildman–Crippen LogP) is 2.30. The van der Waals surface area contributed by atoms with Gasteiger partial charge in [-0.1, -0.05) is 11.3 Å². The molecule has 2 aromatic rings. The number of hydrogen-bond donors (Lipinski definition) is 2. The summed E-state index contributed by atoms with van der Waals surface area (Å²) in [6, 6.07) is 4.41. The van der Waals surface area contributed by atoms with Gasteiger partial charge in [-0.2, -0.15) is 0 Å². The molecule has 3 N–H and O–H groups in total. The number of rotatable bonds is 4. The van der Waals surface area contributed by atoms with Crippen molar-refractivity contribution in [3.8, 4) is 5.75 Å². The fourth-order valence-electron chi connectivity index (χ4n) is 1.37. The van der Waals surface area contributed by atoms with Crippen LogP contribution in [-0.2, 0) is 10.0 Å². The Morgan fingerprint density at radius 2 is 2.21 bits per heavy atom. The van der Waals surface area contributed by atoms with Crippen LogP contribution >= 0.6 is 27.3 Å². The molecule has 0 amide bonds. The van der Waals surface area contributed by atoms with E-state index in [0.717, 1.165) is 3.79 Å². The van der Waals surface area contributed by atoms with Crippen molar-refractivity contribution in [2.24, 2.45) is 0 Å². The topological polar surface area (TPSA) is 94.3 Å². The van der Waals surface area contributed by atoms with Crippen molar-refractivity contribution < 1.29 is 13.2 Å². The Labute approximate surface area is 122 Å². The number of nitrogen functional groups attached to an aromatic ring is 1. The highest BCUT2D eigenvalue weighted by Crippen LogP contribution is 2.30. The first-order chi connectivity index (χ1) is 8.92. The fraction of sp³-hybridized carbons (Fsp3) is 0.100. The number of halogens is 1. The first-order valence-electron chi connectivity index (χ1n) is 5.00. The van der Waals surface area contributed by atoms with E-state index in [1.807, 2.05) is 0 Å². The van der Waals surface area contributed by atoms with Gasteiger partial charge in [-0.25, -0.2) is 13.4 Å². The largest absolute Gasteiger partial charge is 0.495 e. The summed E-state index contributed by atoms with van der Waals surface area (Å²) in [6.45, 7) is 0. The molecule has 1 aromatic heterocycles. The van der Waals surface area contributed by atoms with Crippen molar-refractivity contribution in [2.75, 3.05) is 17.6 Å². The molecule has 6 nitrogen and oxygen atoms in total. The van der Waals surface area contributed by atoms with Gasteiger partial charge in [-0.05, 0) is 34.1 Å². The Hall–Kier alpha value is -1.32. The molecule has 0 bridgehead atoms. The summed E-state index contributed by atoms with van der Waals surface area (Å²) < 4.78 is 32.6. The highest BCUT2D eigenvalue weighted by atomic mass is 79.9. The summed E-state index contributed by atoms with van der Waals surface area (Å²) in [5, 5.41) is 0.261. The van der Waals surface area contributed by atoms with Crippen LogP contribution in [0.5, 0.6) is 5.75 Å². The average Bonchev–Trinajstić information content (AvgIpc) is 2.74. The summed E-state index contributed by atoms with van der Waals surface area (Å²) in [4.78, 5) is 3.89. The van der Waals surface area contributed by atoms with E-state index < -0.39 is 10.0 Å². The minimum atomic E-state index is -3.79. The van der Waals surface area contributed by atoms with Crippen LogP contribution in [0.25, 0.3) is 0 Å². The quantitative estimate of drug-likeness (QED) is 0.812. The lowest BCUT2D eigenvalue weighted by atomic mass is 10.3. The number of thiazole rings is 1. The molecule has 0 aliphatic carbocycles. The molecular weight excluding hydrogens is 354 g/mol. The van der Waals surface area contributed by atoms with Crippen LogP contribution in [0, 0.1) is 0 Å². The van der Waals surface area contributed by atoms with Gasteiger partial charge in [0.15, 0.2) is 5.13 Å². The Morgan fingerprint density at radius 3 is 2.79 bits per heavy atom. The van der Waals surface area contributed by atoms with Crippen molar-refractivity contribution in [2.45, 2.75) is 4.90 Å².